The van der Waals surface area contributed by atoms with Crippen molar-refractivity contribution in [3.8, 4) is 5.75 Å². The van der Waals surface area contributed by atoms with E-state index in [-0.39, 0.29) is 10.8 Å². The smallest absolute Gasteiger partial charge is 0.242 e. The maximum Gasteiger partial charge on any atom is 0.242 e. The summed E-state index contributed by atoms with van der Waals surface area (Å²) in [5.74, 6) is 1.14. The van der Waals surface area contributed by atoms with Gasteiger partial charge in [0.2, 0.25) is 8.32 Å². The summed E-state index contributed by atoms with van der Waals surface area (Å²) >= 11 is 0. The van der Waals surface area contributed by atoms with Crippen LogP contribution in [-0.2, 0) is 10.8 Å². The van der Waals surface area contributed by atoms with Crippen LogP contribution in [0.15, 0.2) is 29.5 Å². The van der Waals surface area contributed by atoms with Gasteiger partial charge in [0.1, 0.15) is 5.75 Å². The van der Waals surface area contributed by atoms with E-state index in [9.17, 15) is 0 Å². The number of rotatable bonds is 4. The minimum Gasteiger partial charge on any atom is -0.544 e. The molecule has 0 spiro atoms. The average Bonchev–Trinajstić information content (AvgIpc) is 2.92. The molecular formula is C24H39OSi2. The third-order valence-electron chi connectivity index (χ3n) is 5.00. The van der Waals surface area contributed by atoms with Crippen LogP contribution >= 0.6 is 0 Å². The third-order valence-corrected chi connectivity index (χ3v) is 7.49. The molecule has 0 atom stereocenters. The first kappa shape index (κ1) is 22.2. The lowest BCUT2D eigenvalue weighted by molar-refractivity contribution is 0.502. The van der Waals surface area contributed by atoms with Crippen LogP contribution in [0.5, 0.6) is 5.75 Å². The Morgan fingerprint density at radius 3 is 1.96 bits per heavy atom. The van der Waals surface area contributed by atoms with Crippen molar-refractivity contribution >= 4 is 22.7 Å². The topological polar surface area (TPSA) is 9.23 Å². The van der Waals surface area contributed by atoms with Gasteiger partial charge in [-0.2, -0.15) is 0 Å². The fourth-order valence-corrected chi connectivity index (χ4v) is 5.58. The molecule has 27 heavy (non-hydrogen) atoms. The summed E-state index contributed by atoms with van der Waals surface area (Å²) in [6.45, 7) is 25.5. The molecule has 1 aromatic carbocycles. The third kappa shape index (κ3) is 5.26. The second-order valence-electron chi connectivity index (χ2n) is 11.1. The van der Waals surface area contributed by atoms with Crippen LogP contribution in [0.25, 0.3) is 5.57 Å². The Bertz CT molecular complexity index is 763. The SMILES string of the molecule is C[Si](C)C1=C(c2cc(C(C)(C)C)cc(C(C)(C)C)c2O[Si](C)(C)C)C=CC1. The quantitative estimate of drug-likeness (QED) is 0.476. The van der Waals surface area contributed by atoms with Crippen molar-refractivity contribution in [2.24, 2.45) is 0 Å². The Labute approximate surface area is 170 Å². The first-order valence-corrected chi connectivity index (χ1v) is 16.1. The highest BCUT2D eigenvalue weighted by Gasteiger charge is 2.31. The second-order valence-corrected chi connectivity index (χ2v) is 18.1. The average molecular weight is 400 g/mol. The first-order valence-electron chi connectivity index (χ1n) is 10.2. The second kappa shape index (κ2) is 7.40. The van der Waals surface area contributed by atoms with E-state index < -0.39 is 17.1 Å². The van der Waals surface area contributed by atoms with Gasteiger partial charge in [-0.05, 0) is 59.7 Å². The normalized spacial score (nSPS) is 15.9. The summed E-state index contributed by atoms with van der Waals surface area (Å²) in [5.41, 5.74) is 5.66. The molecule has 0 heterocycles. The lowest BCUT2D eigenvalue weighted by Crippen LogP contribution is -2.32. The van der Waals surface area contributed by atoms with Gasteiger partial charge >= 0.3 is 0 Å². The minimum absolute atomic E-state index is 0.0419. The van der Waals surface area contributed by atoms with Gasteiger partial charge in [-0.1, -0.05) is 78.1 Å². The van der Waals surface area contributed by atoms with E-state index in [1.807, 2.05) is 0 Å². The monoisotopic (exact) mass is 399 g/mol. The molecule has 0 aromatic heterocycles. The molecule has 1 radical (unpaired) electrons. The van der Waals surface area contributed by atoms with Crippen LogP contribution in [0.1, 0.15) is 64.7 Å². The molecule has 1 aliphatic rings. The summed E-state index contributed by atoms with van der Waals surface area (Å²) in [7, 11) is -2.23. The Hall–Kier alpha value is -1.07. The van der Waals surface area contributed by atoms with Crippen molar-refractivity contribution in [1.82, 2.24) is 0 Å². The summed E-state index contributed by atoms with van der Waals surface area (Å²) in [6, 6.07) is 4.82. The van der Waals surface area contributed by atoms with Crippen LogP contribution in [-0.4, -0.2) is 17.1 Å². The van der Waals surface area contributed by atoms with Crippen LogP contribution < -0.4 is 4.43 Å². The predicted octanol–water partition coefficient (Wildman–Crippen LogP) is 7.50. The van der Waals surface area contributed by atoms with E-state index in [2.05, 4.69) is 98.6 Å². The molecule has 0 amide bonds. The first-order chi connectivity index (χ1) is 12.1. The minimum atomic E-state index is -1.74. The molecule has 3 heteroatoms. The van der Waals surface area contributed by atoms with Crippen molar-refractivity contribution < 1.29 is 4.43 Å². The number of benzene rings is 1. The number of allylic oxidation sites excluding steroid dienone is 4. The molecule has 1 aromatic rings. The van der Waals surface area contributed by atoms with E-state index in [0.29, 0.717) is 0 Å². The maximum absolute atomic E-state index is 6.78. The van der Waals surface area contributed by atoms with Crippen LogP contribution in [0.4, 0.5) is 0 Å². The molecule has 1 nitrogen and oxygen atoms in total. The summed E-state index contributed by atoms with van der Waals surface area (Å²) in [6.07, 6.45) is 5.78. The zero-order valence-corrected chi connectivity index (χ0v) is 21.4. The lowest BCUT2D eigenvalue weighted by Gasteiger charge is -2.33. The van der Waals surface area contributed by atoms with Gasteiger partial charge in [0.15, 0.2) is 0 Å². The Balaban J connectivity index is 2.90. The summed E-state index contributed by atoms with van der Waals surface area (Å²) in [4.78, 5) is 0. The van der Waals surface area contributed by atoms with Crippen molar-refractivity contribution in [1.29, 1.82) is 0 Å². The molecule has 0 saturated carbocycles. The number of hydrogen-bond acceptors (Lipinski definition) is 1. The molecule has 0 fully saturated rings. The Morgan fingerprint density at radius 1 is 0.926 bits per heavy atom. The highest BCUT2D eigenvalue weighted by molar-refractivity contribution is 6.70. The molecule has 0 unspecified atom stereocenters. The van der Waals surface area contributed by atoms with Crippen molar-refractivity contribution in [2.45, 2.75) is 91.5 Å². The Kier molecular flexibility index (Phi) is 6.09. The fraction of sp³-hybridized carbons (Fsp3) is 0.583. The van der Waals surface area contributed by atoms with E-state index >= 15 is 0 Å². The zero-order valence-electron chi connectivity index (χ0n) is 19.4. The number of hydrogen-bond donors (Lipinski definition) is 0. The highest BCUT2D eigenvalue weighted by atomic mass is 28.4. The van der Waals surface area contributed by atoms with Gasteiger partial charge in [-0.3, -0.25) is 0 Å². The molecule has 149 valence electrons. The van der Waals surface area contributed by atoms with Gasteiger partial charge in [0.05, 0.1) is 8.80 Å². The van der Waals surface area contributed by atoms with Gasteiger partial charge in [0, 0.05) is 5.56 Å². The van der Waals surface area contributed by atoms with Gasteiger partial charge in [-0.15, -0.1) is 0 Å². The van der Waals surface area contributed by atoms with Gasteiger partial charge in [-0.25, -0.2) is 0 Å². The molecule has 0 N–H and O–H groups in total. The standard InChI is InChI=1S/C24H39OSi2/c1-23(2,3)17-15-19(18-13-12-14-21(18)26(7)8)22(25-27(9,10)11)20(16-17)24(4,5)6/h12-13,15-16H,14H2,1-11H3. The predicted molar refractivity (Wildman–Crippen MR) is 126 cm³/mol. The van der Waals surface area contributed by atoms with Gasteiger partial charge in [0.25, 0.3) is 0 Å². The molecule has 1 aliphatic carbocycles. The van der Waals surface area contributed by atoms with Crippen LogP contribution in [0, 0.1) is 0 Å². The molecule has 0 saturated heterocycles. The van der Waals surface area contributed by atoms with E-state index in [1.165, 1.54) is 22.3 Å². The largest absolute Gasteiger partial charge is 0.544 e. The van der Waals surface area contributed by atoms with E-state index in [0.717, 1.165) is 12.2 Å². The Morgan fingerprint density at radius 2 is 1.52 bits per heavy atom. The molecule has 2 rings (SSSR count). The highest BCUT2D eigenvalue weighted by Crippen LogP contribution is 2.44. The summed E-state index contributed by atoms with van der Waals surface area (Å²) < 4.78 is 6.78. The molecule has 0 bridgehead atoms. The maximum atomic E-state index is 6.78. The van der Waals surface area contributed by atoms with Crippen LogP contribution in [0.3, 0.4) is 0 Å². The molecular weight excluding hydrogens is 360 g/mol. The zero-order chi connectivity index (χ0) is 20.8. The summed E-state index contributed by atoms with van der Waals surface area (Å²) in [5, 5.41) is 1.63. The van der Waals surface area contributed by atoms with E-state index in [1.54, 1.807) is 5.20 Å². The van der Waals surface area contributed by atoms with Crippen molar-refractivity contribution in [3.05, 3.63) is 46.2 Å². The van der Waals surface area contributed by atoms with Gasteiger partial charge < -0.3 is 4.43 Å². The molecule has 0 aliphatic heterocycles. The van der Waals surface area contributed by atoms with E-state index in [4.69, 9.17) is 4.43 Å². The fourth-order valence-electron chi connectivity index (χ4n) is 3.47. The van der Waals surface area contributed by atoms with Crippen LogP contribution in [0.2, 0.25) is 32.7 Å². The lowest BCUT2D eigenvalue weighted by atomic mass is 9.78. The van der Waals surface area contributed by atoms with Crippen molar-refractivity contribution in [2.75, 3.05) is 0 Å². The van der Waals surface area contributed by atoms with Crippen molar-refractivity contribution in [3.63, 3.8) is 0 Å².